The Morgan fingerprint density at radius 2 is 2.14 bits per heavy atom. The van der Waals surface area contributed by atoms with E-state index in [-0.39, 0.29) is 5.56 Å². The normalized spacial score (nSPS) is 10.4. The van der Waals surface area contributed by atoms with Gasteiger partial charge >= 0.3 is 0 Å². The summed E-state index contributed by atoms with van der Waals surface area (Å²) in [5.41, 5.74) is 6.71. The molecule has 3 N–H and O–H groups in total. The van der Waals surface area contributed by atoms with Gasteiger partial charge in [0.15, 0.2) is 0 Å². The first-order valence-corrected chi connectivity index (χ1v) is 6.38. The van der Waals surface area contributed by atoms with Crippen LogP contribution < -0.4 is 15.8 Å². The highest BCUT2D eigenvalue weighted by atomic mass is 19.1. The lowest BCUT2D eigenvalue weighted by Gasteiger charge is -2.08. The number of carbonyl (C=O) groups is 1. The number of nitrogens with zero attached hydrogens (tertiary/aromatic N) is 1. The molecule has 0 saturated heterocycles. The fraction of sp³-hybridized carbons (Fsp3) is 0.200. The highest BCUT2D eigenvalue weighted by Crippen LogP contribution is 2.11. The van der Waals surface area contributed by atoms with Gasteiger partial charge < -0.3 is 15.8 Å². The van der Waals surface area contributed by atoms with Crippen LogP contribution in [0.4, 0.5) is 4.39 Å². The van der Waals surface area contributed by atoms with Crippen molar-refractivity contribution in [2.75, 3.05) is 7.11 Å². The molecule has 110 valence electrons. The van der Waals surface area contributed by atoms with Crippen molar-refractivity contribution < 1.29 is 13.9 Å². The Labute approximate surface area is 121 Å². The zero-order valence-corrected chi connectivity index (χ0v) is 11.6. The number of aromatic nitrogens is 1. The second kappa shape index (κ2) is 6.81. The van der Waals surface area contributed by atoms with Crippen molar-refractivity contribution in [3.05, 3.63) is 59.0 Å². The molecule has 0 atom stereocenters. The average Bonchev–Trinajstić information content (AvgIpc) is 2.49. The largest absolute Gasteiger partial charge is 0.481 e. The summed E-state index contributed by atoms with van der Waals surface area (Å²) in [4.78, 5) is 15.0. The van der Waals surface area contributed by atoms with Crippen LogP contribution in [0.3, 0.4) is 0 Å². The van der Waals surface area contributed by atoms with Crippen LogP contribution in [0.5, 0.6) is 5.88 Å². The van der Waals surface area contributed by atoms with E-state index < -0.39 is 11.7 Å². The molecule has 2 aromatic rings. The van der Waals surface area contributed by atoms with E-state index in [1.807, 2.05) is 6.07 Å². The number of benzene rings is 1. The molecule has 0 spiro atoms. The molecule has 1 aromatic heterocycles. The molecule has 0 aliphatic rings. The maximum absolute atomic E-state index is 13.8. The predicted molar refractivity (Wildman–Crippen MR) is 76.3 cm³/mol. The highest BCUT2D eigenvalue weighted by Gasteiger charge is 2.07. The van der Waals surface area contributed by atoms with Crippen LogP contribution in [0, 0.1) is 5.82 Å². The summed E-state index contributed by atoms with van der Waals surface area (Å²) in [6, 6.07) is 7.86. The molecule has 2 rings (SSSR count). The van der Waals surface area contributed by atoms with Crippen LogP contribution in [-0.4, -0.2) is 18.0 Å². The van der Waals surface area contributed by atoms with Gasteiger partial charge in [0.25, 0.3) is 0 Å². The summed E-state index contributed by atoms with van der Waals surface area (Å²) in [5, 5.41) is 3.12. The Balaban J connectivity index is 1.95. The van der Waals surface area contributed by atoms with Gasteiger partial charge in [-0.2, -0.15) is 0 Å². The third-order valence-corrected chi connectivity index (χ3v) is 2.99. The molecule has 5 nitrogen and oxygen atoms in total. The Kier molecular flexibility index (Phi) is 4.84. The number of pyridine rings is 1. The van der Waals surface area contributed by atoms with Crippen molar-refractivity contribution in [2.24, 2.45) is 5.73 Å². The van der Waals surface area contributed by atoms with Gasteiger partial charge in [0, 0.05) is 36.5 Å². The second-order valence-corrected chi connectivity index (χ2v) is 4.48. The molecule has 0 aliphatic carbocycles. The van der Waals surface area contributed by atoms with Crippen LogP contribution in [0.2, 0.25) is 0 Å². The predicted octanol–water partition coefficient (Wildman–Crippen LogP) is 1.62. The van der Waals surface area contributed by atoms with E-state index in [0.29, 0.717) is 24.5 Å². The lowest BCUT2D eigenvalue weighted by atomic mass is 10.1. The van der Waals surface area contributed by atoms with Crippen molar-refractivity contribution in [1.82, 2.24) is 10.3 Å². The summed E-state index contributed by atoms with van der Waals surface area (Å²) in [6.45, 7) is 0.894. The topological polar surface area (TPSA) is 77.2 Å². The maximum Gasteiger partial charge on any atom is 0.248 e. The molecule has 21 heavy (non-hydrogen) atoms. The summed E-state index contributed by atoms with van der Waals surface area (Å²) in [7, 11) is 1.55. The average molecular weight is 289 g/mol. The number of ether oxygens (including phenoxy) is 1. The first kappa shape index (κ1) is 14.9. The van der Waals surface area contributed by atoms with Gasteiger partial charge in [-0.3, -0.25) is 4.79 Å². The molecule has 0 aliphatic heterocycles. The van der Waals surface area contributed by atoms with E-state index in [1.54, 1.807) is 25.4 Å². The minimum atomic E-state index is -0.641. The van der Waals surface area contributed by atoms with E-state index in [1.165, 1.54) is 6.07 Å². The number of hydrogen-bond acceptors (Lipinski definition) is 4. The number of carbonyl (C=O) groups excluding carboxylic acids is 1. The quantitative estimate of drug-likeness (QED) is 0.847. The molecule has 1 aromatic carbocycles. The van der Waals surface area contributed by atoms with Gasteiger partial charge in [-0.05, 0) is 23.8 Å². The smallest absolute Gasteiger partial charge is 0.248 e. The lowest BCUT2D eigenvalue weighted by molar-refractivity contribution is 0.1000. The van der Waals surface area contributed by atoms with E-state index in [4.69, 9.17) is 10.5 Å². The van der Waals surface area contributed by atoms with Crippen LogP contribution in [-0.2, 0) is 13.1 Å². The molecule has 6 heteroatoms. The monoisotopic (exact) mass is 289 g/mol. The number of halogens is 1. The zero-order chi connectivity index (χ0) is 15.2. The number of amides is 1. The number of nitrogens with two attached hydrogens (primary N) is 1. The standard InChI is InChI=1S/C15H16FN3O2/c1-21-14-6-10(4-5-19-14)8-18-9-12-3-2-11(15(17)20)7-13(12)16/h2-7,18H,8-9H2,1H3,(H2,17,20). The Morgan fingerprint density at radius 1 is 1.33 bits per heavy atom. The number of primary amides is 1. The molecule has 0 bridgehead atoms. The van der Waals surface area contributed by atoms with Crippen molar-refractivity contribution in [3.8, 4) is 5.88 Å². The third-order valence-electron chi connectivity index (χ3n) is 2.99. The van der Waals surface area contributed by atoms with Crippen LogP contribution in [0.15, 0.2) is 36.5 Å². The lowest BCUT2D eigenvalue weighted by Crippen LogP contribution is -2.15. The number of rotatable bonds is 6. The van der Waals surface area contributed by atoms with Gasteiger partial charge in [-0.15, -0.1) is 0 Å². The van der Waals surface area contributed by atoms with Gasteiger partial charge in [0.05, 0.1) is 7.11 Å². The second-order valence-electron chi connectivity index (χ2n) is 4.48. The maximum atomic E-state index is 13.8. The molecule has 0 unspecified atom stereocenters. The van der Waals surface area contributed by atoms with E-state index in [2.05, 4.69) is 10.3 Å². The number of hydrogen-bond donors (Lipinski definition) is 2. The zero-order valence-electron chi connectivity index (χ0n) is 11.6. The van der Waals surface area contributed by atoms with E-state index in [0.717, 1.165) is 11.6 Å². The van der Waals surface area contributed by atoms with E-state index >= 15 is 0 Å². The first-order valence-electron chi connectivity index (χ1n) is 6.38. The van der Waals surface area contributed by atoms with Crippen LogP contribution in [0.25, 0.3) is 0 Å². The SMILES string of the molecule is COc1cc(CNCc2ccc(C(N)=O)cc2F)ccn1. The number of methoxy groups -OCH3 is 1. The summed E-state index contributed by atoms with van der Waals surface area (Å²) in [5.74, 6) is -0.560. The van der Waals surface area contributed by atoms with E-state index in [9.17, 15) is 9.18 Å². The minimum Gasteiger partial charge on any atom is -0.481 e. The Morgan fingerprint density at radius 3 is 2.81 bits per heavy atom. The summed E-state index contributed by atoms with van der Waals surface area (Å²) < 4.78 is 18.8. The van der Waals surface area contributed by atoms with Gasteiger partial charge in [-0.25, -0.2) is 9.37 Å². The summed E-state index contributed by atoms with van der Waals surface area (Å²) in [6.07, 6.45) is 1.65. The molecular formula is C15H16FN3O2. The third kappa shape index (κ3) is 4.00. The fourth-order valence-corrected chi connectivity index (χ4v) is 1.86. The van der Waals surface area contributed by atoms with Crippen molar-refractivity contribution in [3.63, 3.8) is 0 Å². The van der Waals surface area contributed by atoms with Crippen molar-refractivity contribution >= 4 is 5.91 Å². The molecular weight excluding hydrogens is 273 g/mol. The molecule has 1 amide bonds. The Bertz CT molecular complexity index is 647. The summed E-state index contributed by atoms with van der Waals surface area (Å²) >= 11 is 0. The molecule has 1 heterocycles. The van der Waals surface area contributed by atoms with Gasteiger partial charge in [0.1, 0.15) is 5.82 Å². The highest BCUT2D eigenvalue weighted by molar-refractivity contribution is 5.92. The Hall–Kier alpha value is -2.47. The van der Waals surface area contributed by atoms with Crippen molar-refractivity contribution in [1.29, 1.82) is 0 Å². The fourth-order valence-electron chi connectivity index (χ4n) is 1.86. The van der Waals surface area contributed by atoms with Gasteiger partial charge in [0.2, 0.25) is 11.8 Å². The van der Waals surface area contributed by atoms with Gasteiger partial charge in [-0.1, -0.05) is 6.07 Å². The first-order chi connectivity index (χ1) is 10.1. The molecule has 0 fully saturated rings. The molecule has 0 saturated carbocycles. The number of nitrogens with one attached hydrogen (secondary N) is 1. The minimum absolute atomic E-state index is 0.162. The van der Waals surface area contributed by atoms with Crippen LogP contribution >= 0.6 is 0 Å². The van der Waals surface area contributed by atoms with Crippen molar-refractivity contribution in [2.45, 2.75) is 13.1 Å². The van der Waals surface area contributed by atoms with Crippen LogP contribution in [0.1, 0.15) is 21.5 Å². The molecule has 0 radical (unpaired) electrons.